The molecule has 1 amide bonds. The summed E-state index contributed by atoms with van der Waals surface area (Å²) >= 11 is 0. The van der Waals surface area contributed by atoms with Gasteiger partial charge in [-0.2, -0.15) is 0 Å². The molecule has 2 N–H and O–H groups in total. The molecule has 6 heteroatoms. The van der Waals surface area contributed by atoms with E-state index in [1.165, 1.54) is 12.8 Å². The second kappa shape index (κ2) is 5.53. The molecule has 6 nitrogen and oxygen atoms in total. The molecule has 1 saturated carbocycles. The van der Waals surface area contributed by atoms with Crippen LogP contribution in [-0.2, 0) is 11.8 Å². The molecule has 134 valence electrons. The van der Waals surface area contributed by atoms with Gasteiger partial charge in [-0.25, -0.2) is 0 Å². The van der Waals surface area contributed by atoms with E-state index >= 15 is 0 Å². The van der Waals surface area contributed by atoms with Gasteiger partial charge in [0.15, 0.2) is 0 Å². The molecular weight excluding hydrogens is 318 g/mol. The molecule has 1 aliphatic heterocycles. The number of nitrogens with zero attached hydrogens (tertiary/aromatic N) is 2. The maximum absolute atomic E-state index is 11.8. The molecule has 0 spiro atoms. The standard InChI is InChI=1S/C19H25N3O3/c1-11-16-7-13-8-17(22(24)25)14(18(20)23)9-15(13)19(11,2)5-6-21(16)10-12-3-4-12/h8-9,11-12,16H,3-7,10H2,1-2H3,(H2,20,23)/t11?,16-,19-/m1/s1. The van der Waals surface area contributed by atoms with Crippen molar-refractivity contribution in [3.63, 3.8) is 0 Å². The number of carbonyl (C=O) groups excluding carboxylic acids is 1. The Morgan fingerprint density at radius 2 is 2.16 bits per heavy atom. The van der Waals surface area contributed by atoms with Gasteiger partial charge < -0.3 is 5.73 Å². The number of piperidine rings is 1. The highest BCUT2D eigenvalue weighted by Crippen LogP contribution is 2.50. The van der Waals surface area contributed by atoms with E-state index in [2.05, 4.69) is 18.7 Å². The summed E-state index contributed by atoms with van der Waals surface area (Å²) in [6, 6.07) is 3.73. The van der Waals surface area contributed by atoms with Crippen LogP contribution in [0.25, 0.3) is 0 Å². The third-order valence-corrected chi connectivity index (χ3v) is 6.89. The number of nitro benzene ring substituents is 1. The van der Waals surface area contributed by atoms with Crippen molar-refractivity contribution in [2.24, 2.45) is 17.6 Å². The third kappa shape index (κ3) is 2.54. The van der Waals surface area contributed by atoms with Gasteiger partial charge in [-0.1, -0.05) is 13.8 Å². The van der Waals surface area contributed by atoms with Crippen LogP contribution < -0.4 is 5.73 Å². The number of hydrogen-bond acceptors (Lipinski definition) is 4. The minimum Gasteiger partial charge on any atom is -0.365 e. The van der Waals surface area contributed by atoms with Crippen molar-refractivity contribution in [3.8, 4) is 0 Å². The maximum Gasteiger partial charge on any atom is 0.282 e. The van der Waals surface area contributed by atoms with Gasteiger partial charge >= 0.3 is 0 Å². The summed E-state index contributed by atoms with van der Waals surface area (Å²) in [7, 11) is 0. The van der Waals surface area contributed by atoms with Crippen molar-refractivity contribution < 1.29 is 9.72 Å². The lowest BCUT2D eigenvalue weighted by Crippen LogP contribution is -2.58. The Hall–Kier alpha value is -1.95. The van der Waals surface area contributed by atoms with Crippen LogP contribution >= 0.6 is 0 Å². The van der Waals surface area contributed by atoms with Crippen molar-refractivity contribution in [2.45, 2.75) is 51.0 Å². The average Bonchev–Trinajstić information content (AvgIpc) is 3.36. The van der Waals surface area contributed by atoms with E-state index in [9.17, 15) is 14.9 Å². The Bertz CT molecular complexity index is 759. The Balaban J connectivity index is 1.79. The molecule has 1 saturated heterocycles. The summed E-state index contributed by atoms with van der Waals surface area (Å²) in [5.41, 5.74) is 7.35. The first-order valence-electron chi connectivity index (χ1n) is 9.17. The Kier molecular flexibility index (Phi) is 3.65. The second-order valence-electron chi connectivity index (χ2n) is 8.31. The highest BCUT2D eigenvalue weighted by Gasteiger charge is 2.49. The van der Waals surface area contributed by atoms with E-state index in [4.69, 9.17) is 5.73 Å². The summed E-state index contributed by atoms with van der Waals surface area (Å²) in [5.74, 6) is 0.568. The number of rotatable bonds is 4. The van der Waals surface area contributed by atoms with E-state index in [1.54, 1.807) is 12.1 Å². The summed E-state index contributed by atoms with van der Waals surface area (Å²) in [4.78, 5) is 25.3. The smallest absolute Gasteiger partial charge is 0.282 e. The molecule has 3 atom stereocenters. The summed E-state index contributed by atoms with van der Waals surface area (Å²) in [6.07, 6.45) is 4.50. The monoisotopic (exact) mass is 343 g/mol. The molecule has 0 radical (unpaired) electrons. The van der Waals surface area contributed by atoms with Crippen LogP contribution in [0.3, 0.4) is 0 Å². The molecular formula is C19H25N3O3. The highest BCUT2D eigenvalue weighted by atomic mass is 16.6. The average molecular weight is 343 g/mol. The summed E-state index contributed by atoms with van der Waals surface area (Å²) in [6.45, 7) is 6.75. The van der Waals surface area contributed by atoms with Gasteiger partial charge in [-0.15, -0.1) is 0 Å². The fourth-order valence-corrected chi connectivity index (χ4v) is 4.96. The first kappa shape index (κ1) is 16.5. The van der Waals surface area contributed by atoms with Crippen LogP contribution in [0.5, 0.6) is 0 Å². The molecule has 1 aromatic carbocycles. The van der Waals surface area contributed by atoms with E-state index in [-0.39, 0.29) is 16.7 Å². The van der Waals surface area contributed by atoms with Gasteiger partial charge in [-0.05, 0) is 66.7 Å². The molecule has 4 rings (SSSR count). The molecule has 25 heavy (non-hydrogen) atoms. The van der Waals surface area contributed by atoms with Gasteiger partial charge in [0.25, 0.3) is 11.6 Å². The van der Waals surface area contributed by atoms with Crippen molar-refractivity contribution >= 4 is 11.6 Å². The summed E-state index contributed by atoms with van der Waals surface area (Å²) < 4.78 is 0. The largest absolute Gasteiger partial charge is 0.365 e. The Morgan fingerprint density at radius 1 is 1.44 bits per heavy atom. The fourth-order valence-electron chi connectivity index (χ4n) is 4.96. The van der Waals surface area contributed by atoms with Gasteiger partial charge in [-0.3, -0.25) is 19.8 Å². The topological polar surface area (TPSA) is 89.5 Å². The fraction of sp³-hybridized carbons (Fsp3) is 0.632. The number of nitro groups is 1. The number of benzene rings is 1. The number of fused-ring (bicyclic) bond motifs is 4. The number of amides is 1. The molecule has 1 unspecified atom stereocenters. The Labute approximate surface area is 147 Å². The lowest BCUT2D eigenvalue weighted by molar-refractivity contribution is -0.385. The lowest BCUT2D eigenvalue weighted by Gasteiger charge is -2.54. The number of hydrogen-bond donors (Lipinski definition) is 1. The van der Waals surface area contributed by atoms with Gasteiger partial charge in [0.05, 0.1) is 4.92 Å². The quantitative estimate of drug-likeness (QED) is 0.672. The van der Waals surface area contributed by atoms with Gasteiger partial charge in [0, 0.05) is 18.7 Å². The van der Waals surface area contributed by atoms with Gasteiger partial charge in [0.2, 0.25) is 0 Å². The van der Waals surface area contributed by atoms with Crippen molar-refractivity contribution in [1.29, 1.82) is 0 Å². The van der Waals surface area contributed by atoms with Crippen LogP contribution in [-0.4, -0.2) is 34.9 Å². The van der Waals surface area contributed by atoms with E-state index < -0.39 is 10.8 Å². The van der Waals surface area contributed by atoms with Crippen LogP contribution in [0.1, 0.15) is 54.6 Å². The predicted octanol–water partition coefficient (Wildman–Crippen LogP) is 2.63. The van der Waals surface area contributed by atoms with Crippen LogP contribution in [0, 0.1) is 22.0 Å². The maximum atomic E-state index is 11.8. The number of carbonyl (C=O) groups is 1. The molecule has 2 fully saturated rings. The first-order chi connectivity index (χ1) is 11.8. The number of nitrogens with two attached hydrogens (primary N) is 1. The molecule has 3 aliphatic rings. The zero-order chi connectivity index (χ0) is 17.9. The lowest BCUT2D eigenvalue weighted by atomic mass is 9.58. The highest BCUT2D eigenvalue weighted by molar-refractivity contribution is 5.97. The molecule has 1 aromatic rings. The van der Waals surface area contributed by atoms with Crippen molar-refractivity contribution in [2.75, 3.05) is 13.1 Å². The predicted molar refractivity (Wildman–Crippen MR) is 94.5 cm³/mol. The van der Waals surface area contributed by atoms with Crippen LogP contribution in [0.2, 0.25) is 0 Å². The van der Waals surface area contributed by atoms with E-state index in [1.807, 2.05) is 0 Å². The van der Waals surface area contributed by atoms with Crippen molar-refractivity contribution in [1.82, 2.24) is 4.90 Å². The molecule has 2 bridgehead atoms. The minimum atomic E-state index is -0.723. The number of primary amides is 1. The first-order valence-corrected chi connectivity index (χ1v) is 9.17. The molecule has 0 aromatic heterocycles. The number of likely N-dealkylation sites (tertiary alicyclic amines) is 1. The van der Waals surface area contributed by atoms with Crippen LogP contribution in [0.4, 0.5) is 5.69 Å². The molecule has 1 heterocycles. The van der Waals surface area contributed by atoms with E-state index in [0.717, 1.165) is 43.0 Å². The second-order valence-corrected chi connectivity index (χ2v) is 8.31. The van der Waals surface area contributed by atoms with Crippen molar-refractivity contribution in [3.05, 3.63) is 38.9 Å². The zero-order valence-corrected chi connectivity index (χ0v) is 14.8. The Morgan fingerprint density at radius 3 is 2.76 bits per heavy atom. The minimum absolute atomic E-state index is 0.0380. The zero-order valence-electron chi connectivity index (χ0n) is 14.8. The van der Waals surface area contributed by atoms with Crippen LogP contribution in [0.15, 0.2) is 12.1 Å². The normalized spacial score (nSPS) is 31.4. The third-order valence-electron chi connectivity index (χ3n) is 6.89. The van der Waals surface area contributed by atoms with E-state index in [0.29, 0.717) is 12.0 Å². The molecule has 2 aliphatic carbocycles. The van der Waals surface area contributed by atoms with Gasteiger partial charge in [0.1, 0.15) is 5.56 Å². The summed E-state index contributed by atoms with van der Waals surface area (Å²) in [5, 5.41) is 11.4. The SMILES string of the molecule is CC1[C@H]2Cc3cc([N+](=O)[O-])c(C(N)=O)cc3[C@]1(C)CCN2CC1CC1.